The molecule has 0 aromatic heterocycles. The van der Waals surface area contributed by atoms with E-state index in [4.69, 9.17) is 4.55 Å². The molecule has 1 aliphatic rings. The van der Waals surface area contributed by atoms with E-state index in [1.54, 1.807) is 6.92 Å². The van der Waals surface area contributed by atoms with Gasteiger partial charge >= 0.3 is 35.6 Å². The van der Waals surface area contributed by atoms with E-state index in [-0.39, 0.29) is 43.2 Å². The Balaban J connectivity index is 0.00000242. The Kier molecular flexibility index (Phi) is 5.88. The maximum absolute atomic E-state index is 12.1. The molecule has 8 nitrogen and oxygen atoms in total. The molecule has 0 bridgehead atoms. The van der Waals surface area contributed by atoms with Crippen molar-refractivity contribution in [3.05, 3.63) is 24.3 Å². The molecular formula is C12H13N2NaO6S. The molecule has 0 saturated carbocycles. The van der Waals surface area contributed by atoms with Crippen LogP contribution in [0.1, 0.15) is 14.8 Å². The molecule has 0 atom stereocenters. The summed E-state index contributed by atoms with van der Waals surface area (Å²) in [5.41, 5.74) is -0.0222. The molecule has 2 rings (SSSR count). The minimum Gasteiger partial charge on any atom is -1.00 e. The van der Waals surface area contributed by atoms with Crippen LogP contribution >= 0.6 is 0 Å². The number of benzene rings is 1. The Labute approximate surface area is 150 Å². The van der Waals surface area contributed by atoms with Gasteiger partial charge in [0.2, 0.25) is 11.8 Å². The molecule has 1 heterocycles. The molecule has 1 N–H and O–H groups in total. The van der Waals surface area contributed by atoms with Crippen LogP contribution in [0, 0.1) is 0 Å². The predicted octanol–water partition coefficient (Wildman–Crippen LogP) is -2.24. The third-order valence-corrected chi connectivity index (χ3v) is 3.81. The van der Waals surface area contributed by atoms with E-state index >= 15 is 0 Å². The van der Waals surface area contributed by atoms with Crippen LogP contribution in [0.15, 0.2) is 29.2 Å². The normalized spacial score (nSPS) is 15.8. The molecule has 0 unspecified atom stereocenters. The quantitative estimate of drug-likeness (QED) is 0.379. The van der Waals surface area contributed by atoms with Crippen molar-refractivity contribution in [2.75, 3.05) is 11.4 Å². The number of amides is 4. The van der Waals surface area contributed by atoms with Gasteiger partial charge in [-0.1, -0.05) is 6.07 Å². The van der Waals surface area contributed by atoms with Crippen LogP contribution < -0.4 is 34.5 Å². The van der Waals surface area contributed by atoms with Crippen molar-refractivity contribution >= 4 is 33.7 Å². The van der Waals surface area contributed by atoms with E-state index in [1.807, 2.05) is 0 Å². The zero-order valence-corrected chi connectivity index (χ0v) is 14.8. The number of nitrogens with zero attached hydrogens (tertiary/aromatic N) is 2. The fraction of sp³-hybridized carbons (Fsp3) is 0.250. The molecular weight excluding hydrogens is 323 g/mol. The van der Waals surface area contributed by atoms with Crippen LogP contribution in [0.4, 0.5) is 10.5 Å². The number of barbiturate groups is 1. The van der Waals surface area contributed by atoms with E-state index in [0.29, 0.717) is 0 Å². The average Bonchev–Trinajstić information content (AvgIpc) is 2.38. The maximum atomic E-state index is 12.1. The predicted molar refractivity (Wildman–Crippen MR) is 72.3 cm³/mol. The maximum Gasteiger partial charge on any atom is 1.00 e. The van der Waals surface area contributed by atoms with Gasteiger partial charge in [-0.2, -0.15) is 8.42 Å². The molecule has 22 heavy (non-hydrogen) atoms. The van der Waals surface area contributed by atoms with Crippen molar-refractivity contribution in [1.82, 2.24) is 4.90 Å². The summed E-state index contributed by atoms with van der Waals surface area (Å²) >= 11 is 0. The Hall–Kier alpha value is -1.26. The molecule has 1 fully saturated rings. The SMILES string of the molecule is CCN1C(=O)CC(=O)N(c2cccc(S(=O)(=O)O)c2)C1=O.[H-].[Na+]. The number of imide groups is 2. The standard InChI is InChI=1S/C12H12N2O6S.Na.H/c1-2-13-10(15)7-11(16)14(12(13)17)8-4-3-5-9(6-8)21(18,19)20;;/h3-6H,2,7H2,1H3,(H,18,19,20);;/q;+1;-1. The number of urea groups is 1. The third-order valence-electron chi connectivity index (χ3n) is 2.97. The molecule has 1 aromatic rings. The first kappa shape index (κ1) is 18.8. The van der Waals surface area contributed by atoms with E-state index in [1.165, 1.54) is 12.1 Å². The fourth-order valence-electron chi connectivity index (χ4n) is 1.99. The number of hydrogen-bond acceptors (Lipinski definition) is 5. The second-order valence-corrected chi connectivity index (χ2v) is 5.72. The number of hydrogen-bond donors (Lipinski definition) is 1. The molecule has 114 valence electrons. The van der Waals surface area contributed by atoms with Crippen molar-refractivity contribution in [3.8, 4) is 0 Å². The van der Waals surface area contributed by atoms with Crippen molar-refractivity contribution in [2.45, 2.75) is 18.2 Å². The monoisotopic (exact) mass is 336 g/mol. The molecule has 0 aliphatic carbocycles. The summed E-state index contributed by atoms with van der Waals surface area (Å²) in [6, 6.07) is 3.90. The number of carbonyl (C=O) groups is 3. The number of rotatable bonds is 3. The first-order valence-electron chi connectivity index (χ1n) is 6.00. The summed E-state index contributed by atoms with van der Waals surface area (Å²) in [4.78, 5) is 36.8. The second kappa shape index (κ2) is 6.88. The minimum absolute atomic E-state index is 0. The summed E-state index contributed by atoms with van der Waals surface area (Å²) in [6.07, 6.45) is -0.477. The zero-order valence-electron chi connectivity index (χ0n) is 13.0. The molecule has 1 aliphatic heterocycles. The Morgan fingerprint density at radius 1 is 1.23 bits per heavy atom. The summed E-state index contributed by atoms with van der Waals surface area (Å²) in [7, 11) is -4.46. The Morgan fingerprint density at radius 3 is 2.41 bits per heavy atom. The van der Waals surface area contributed by atoms with Gasteiger partial charge in [0, 0.05) is 6.54 Å². The second-order valence-electron chi connectivity index (χ2n) is 4.30. The van der Waals surface area contributed by atoms with Gasteiger partial charge in [-0.25, -0.2) is 9.69 Å². The molecule has 4 amide bonds. The van der Waals surface area contributed by atoms with Gasteiger partial charge in [0.15, 0.2) is 0 Å². The van der Waals surface area contributed by atoms with E-state index in [0.717, 1.165) is 21.9 Å². The van der Waals surface area contributed by atoms with Crippen LogP contribution in [0.2, 0.25) is 0 Å². The molecule has 0 spiro atoms. The van der Waals surface area contributed by atoms with Gasteiger partial charge in [-0.05, 0) is 25.1 Å². The molecule has 10 heteroatoms. The zero-order chi connectivity index (χ0) is 15.8. The molecule has 1 saturated heterocycles. The first-order chi connectivity index (χ1) is 9.75. The first-order valence-corrected chi connectivity index (χ1v) is 7.44. The minimum atomic E-state index is -4.46. The van der Waals surface area contributed by atoms with Crippen molar-refractivity contribution < 1.29 is 58.3 Å². The molecule has 1 aromatic carbocycles. The molecule has 0 radical (unpaired) electrons. The van der Waals surface area contributed by atoms with Gasteiger partial charge in [-0.15, -0.1) is 0 Å². The number of carbonyl (C=O) groups excluding carboxylic acids is 3. The van der Waals surface area contributed by atoms with Gasteiger partial charge in [0.1, 0.15) is 6.42 Å². The summed E-state index contributed by atoms with van der Waals surface area (Å²) in [5, 5.41) is 0. The van der Waals surface area contributed by atoms with Crippen molar-refractivity contribution in [1.29, 1.82) is 0 Å². The summed E-state index contributed by atoms with van der Waals surface area (Å²) < 4.78 is 31.2. The van der Waals surface area contributed by atoms with Gasteiger partial charge < -0.3 is 1.43 Å². The van der Waals surface area contributed by atoms with E-state index in [2.05, 4.69) is 0 Å². The third kappa shape index (κ3) is 3.55. The fourth-order valence-corrected chi connectivity index (χ4v) is 2.51. The largest absolute Gasteiger partial charge is 1.00 e. The summed E-state index contributed by atoms with van der Waals surface area (Å²) in [6.45, 7) is 1.68. The Morgan fingerprint density at radius 2 is 1.86 bits per heavy atom. The topological polar surface area (TPSA) is 112 Å². The van der Waals surface area contributed by atoms with Crippen LogP contribution in [0.5, 0.6) is 0 Å². The van der Waals surface area contributed by atoms with Crippen LogP contribution in [0.3, 0.4) is 0 Å². The number of anilines is 1. The van der Waals surface area contributed by atoms with Crippen molar-refractivity contribution in [3.63, 3.8) is 0 Å². The van der Waals surface area contributed by atoms with Crippen molar-refractivity contribution in [2.24, 2.45) is 0 Å². The van der Waals surface area contributed by atoms with Gasteiger partial charge in [0.25, 0.3) is 10.1 Å². The van der Waals surface area contributed by atoms with Gasteiger partial charge in [-0.3, -0.25) is 19.0 Å². The summed E-state index contributed by atoms with van der Waals surface area (Å²) in [5.74, 6) is -1.35. The van der Waals surface area contributed by atoms with Crippen LogP contribution in [-0.2, 0) is 19.7 Å². The van der Waals surface area contributed by atoms with E-state index in [9.17, 15) is 22.8 Å². The van der Waals surface area contributed by atoms with Crippen LogP contribution in [0.25, 0.3) is 0 Å². The smallest absolute Gasteiger partial charge is 1.00 e. The Bertz CT molecular complexity index is 739. The van der Waals surface area contributed by atoms with Gasteiger partial charge in [0.05, 0.1) is 10.6 Å². The average molecular weight is 336 g/mol. The van der Waals surface area contributed by atoms with Crippen LogP contribution in [-0.4, -0.2) is 42.3 Å². The van der Waals surface area contributed by atoms with E-state index < -0.39 is 39.3 Å².